The molecule has 0 aliphatic rings. The quantitative estimate of drug-likeness (QED) is 0.446. The largest absolute Gasteiger partial charge is 0.393 e. The van der Waals surface area contributed by atoms with Crippen LogP contribution in [-0.2, 0) is 10.0 Å². The van der Waals surface area contributed by atoms with Crippen molar-refractivity contribution in [2.45, 2.75) is 17.9 Å². The number of rotatable bonds is 6. The number of hydrogen-bond acceptors (Lipinski definition) is 6. The number of nitro benzene ring substituents is 1. The van der Waals surface area contributed by atoms with Gasteiger partial charge >= 0.3 is 0 Å². The van der Waals surface area contributed by atoms with Crippen molar-refractivity contribution in [3.63, 3.8) is 0 Å². The summed E-state index contributed by atoms with van der Waals surface area (Å²) in [6, 6.07) is 3.34. The van der Waals surface area contributed by atoms with Crippen LogP contribution >= 0.6 is 0 Å². The van der Waals surface area contributed by atoms with E-state index in [0.29, 0.717) is 0 Å². The summed E-state index contributed by atoms with van der Waals surface area (Å²) in [5, 5.41) is 10.6. The second-order valence-electron chi connectivity index (χ2n) is 4.64. The highest BCUT2D eigenvalue weighted by molar-refractivity contribution is 7.89. The first-order valence-corrected chi connectivity index (χ1v) is 7.33. The first kappa shape index (κ1) is 16.3. The fourth-order valence-electron chi connectivity index (χ4n) is 1.36. The predicted molar refractivity (Wildman–Crippen MR) is 75.8 cm³/mol. The number of nitrogens with two attached hydrogens (primary N) is 1. The second-order valence-corrected chi connectivity index (χ2v) is 6.41. The van der Waals surface area contributed by atoms with Crippen molar-refractivity contribution in [1.82, 2.24) is 9.62 Å². The molecule has 0 spiro atoms. The van der Waals surface area contributed by atoms with Crippen LogP contribution in [0.5, 0.6) is 0 Å². The van der Waals surface area contributed by atoms with Gasteiger partial charge in [-0.05, 0) is 33.2 Å². The number of nitrogens with zero attached hydrogens (tertiary/aromatic N) is 2. The molecule has 0 aliphatic carbocycles. The maximum absolute atomic E-state index is 12.0. The molecule has 0 fully saturated rings. The third-order valence-corrected chi connectivity index (χ3v) is 4.38. The molecule has 1 atom stereocenters. The van der Waals surface area contributed by atoms with E-state index >= 15 is 0 Å². The van der Waals surface area contributed by atoms with Crippen LogP contribution in [0.4, 0.5) is 11.4 Å². The highest BCUT2D eigenvalue weighted by atomic mass is 32.2. The third-order valence-electron chi connectivity index (χ3n) is 2.96. The van der Waals surface area contributed by atoms with E-state index in [2.05, 4.69) is 4.72 Å². The van der Waals surface area contributed by atoms with E-state index in [0.717, 1.165) is 18.2 Å². The number of nitrogens with one attached hydrogen (secondary N) is 1. The predicted octanol–water partition coefficient (Wildman–Crippen LogP) is 0.405. The van der Waals surface area contributed by atoms with E-state index in [1.54, 1.807) is 0 Å². The van der Waals surface area contributed by atoms with E-state index < -0.39 is 14.9 Å². The molecule has 0 aliphatic heterocycles. The summed E-state index contributed by atoms with van der Waals surface area (Å²) in [4.78, 5) is 11.7. The Morgan fingerprint density at radius 1 is 1.45 bits per heavy atom. The number of hydrogen-bond donors (Lipinski definition) is 2. The fraction of sp³-hybridized carbons (Fsp3) is 0.455. The minimum atomic E-state index is -3.73. The van der Waals surface area contributed by atoms with Gasteiger partial charge in [0.1, 0.15) is 5.69 Å². The molecule has 112 valence electrons. The average molecular weight is 302 g/mol. The van der Waals surface area contributed by atoms with E-state index in [-0.39, 0.29) is 28.9 Å². The smallest absolute Gasteiger partial charge is 0.292 e. The van der Waals surface area contributed by atoms with Gasteiger partial charge in [-0.25, -0.2) is 13.1 Å². The number of anilines is 1. The Balaban J connectivity index is 2.94. The first-order valence-electron chi connectivity index (χ1n) is 5.85. The zero-order chi connectivity index (χ0) is 15.5. The number of benzene rings is 1. The van der Waals surface area contributed by atoms with Gasteiger partial charge in [-0.2, -0.15) is 0 Å². The highest BCUT2D eigenvalue weighted by Crippen LogP contribution is 2.24. The third kappa shape index (κ3) is 3.89. The maximum atomic E-state index is 12.0. The molecule has 9 heteroatoms. The lowest BCUT2D eigenvalue weighted by Gasteiger charge is -2.20. The van der Waals surface area contributed by atoms with Crippen molar-refractivity contribution in [3.05, 3.63) is 28.3 Å². The SMILES string of the molecule is CC(CNS(=O)(=O)c1ccc([N+](=O)[O-])c(N)c1)N(C)C. The molecule has 1 aromatic carbocycles. The molecule has 0 saturated heterocycles. The Kier molecular flexibility index (Phi) is 5.03. The van der Waals surface area contributed by atoms with Crippen LogP contribution in [0, 0.1) is 10.1 Å². The van der Waals surface area contributed by atoms with Crippen LogP contribution in [-0.4, -0.2) is 44.9 Å². The number of nitrogen functional groups attached to an aromatic ring is 1. The molecule has 20 heavy (non-hydrogen) atoms. The van der Waals surface area contributed by atoms with Gasteiger partial charge in [-0.3, -0.25) is 10.1 Å². The zero-order valence-corrected chi connectivity index (χ0v) is 12.3. The number of likely N-dealkylation sites (N-methyl/N-ethyl adjacent to an activating group) is 1. The van der Waals surface area contributed by atoms with E-state index in [1.807, 2.05) is 25.9 Å². The monoisotopic (exact) mass is 302 g/mol. The molecule has 1 aromatic rings. The molecule has 3 N–H and O–H groups in total. The summed E-state index contributed by atoms with van der Waals surface area (Å²) >= 11 is 0. The Labute approximate surface area is 117 Å². The fourth-order valence-corrected chi connectivity index (χ4v) is 2.52. The first-order chi connectivity index (χ1) is 9.15. The maximum Gasteiger partial charge on any atom is 0.292 e. The highest BCUT2D eigenvalue weighted by Gasteiger charge is 2.19. The summed E-state index contributed by atoms with van der Waals surface area (Å²) < 4.78 is 26.5. The number of nitro groups is 1. The Hall–Kier alpha value is -1.71. The normalized spacial score (nSPS) is 13.4. The van der Waals surface area contributed by atoms with Crippen molar-refractivity contribution in [2.24, 2.45) is 0 Å². The molecule has 0 aromatic heterocycles. The van der Waals surface area contributed by atoms with Crippen LogP contribution < -0.4 is 10.5 Å². The van der Waals surface area contributed by atoms with Gasteiger partial charge in [0.05, 0.1) is 9.82 Å². The summed E-state index contributed by atoms with van der Waals surface area (Å²) in [6.07, 6.45) is 0. The van der Waals surface area contributed by atoms with Gasteiger partial charge < -0.3 is 10.6 Å². The van der Waals surface area contributed by atoms with Gasteiger partial charge in [-0.15, -0.1) is 0 Å². The molecule has 0 heterocycles. The van der Waals surface area contributed by atoms with E-state index in [4.69, 9.17) is 5.73 Å². The Bertz CT molecular complexity index is 600. The van der Waals surface area contributed by atoms with Gasteiger partial charge in [-0.1, -0.05) is 0 Å². The molecule has 0 bridgehead atoms. The molecule has 0 saturated carbocycles. The molecule has 1 rings (SSSR count). The van der Waals surface area contributed by atoms with Crippen molar-refractivity contribution >= 4 is 21.4 Å². The zero-order valence-electron chi connectivity index (χ0n) is 11.5. The molecule has 1 unspecified atom stereocenters. The van der Waals surface area contributed by atoms with Crippen molar-refractivity contribution in [3.8, 4) is 0 Å². The molecule has 8 nitrogen and oxygen atoms in total. The lowest BCUT2D eigenvalue weighted by atomic mass is 10.3. The number of sulfonamides is 1. The standard InChI is InChI=1S/C11H18N4O4S/c1-8(14(2)3)7-13-20(18,19)9-4-5-11(15(16)17)10(12)6-9/h4-6,8,13H,7,12H2,1-3H3. The van der Waals surface area contributed by atoms with Gasteiger partial charge in [0.15, 0.2) is 0 Å². The second kappa shape index (κ2) is 6.16. The van der Waals surface area contributed by atoms with Crippen molar-refractivity contribution in [1.29, 1.82) is 0 Å². The van der Waals surface area contributed by atoms with Gasteiger partial charge in [0.25, 0.3) is 5.69 Å². The molecular formula is C11H18N4O4S. The van der Waals surface area contributed by atoms with Crippen LogP contribution in [0.3, 0.4) is 0 Å². The van der Waals surface area contributed by atoms with Gasteiger partial charge in [0.2, 0.25) is 10.0 Å². The molecule has 0 amide bonds. The van der Waals surface area contributed by atoms with Crippen molar-refractivity contribution in [2.75, 3.05) is 26.4 Å². The van der Waals surface area contributed by atoms with Crippen LogP contribution in [0.25, 0.3) is 0 Å². The summed E-state index contributed by atoms with van der Waals surface area (Å²) in [6.45, 7) is 2.10. The summed E-state index contributed by atoms with van der Waals surface area (Å²) in [5.74, 6) is 0. The van der Waals surface area contributed by atoms with E-state index in [1.165, 1.54) is 0 Å². The average Bonchev–Trinajstić information content (AvgIpc) is 2.35. The molecule has 0 radical (unpaired) electrons. The van der Waals surface area contributed by atoms with E-state index in [9.17, 15) is 18.5 Å². The van der Waals surface area contributed by atoms with Crippen LogP contribution in [0.15, 0.2) is 23.1 Å². The Morgan fingerprint density at radius 3 is 2.50 bits per heavy atom. The summed E-state index contributed by atoms with van der Waals surface area (Å²) in [7, 11) is -0.0608. The topological polar surface area (TPSA) is 119 Å². The minimum Gasteiger partial charge on any atom is -0.393 e. The van der Waals surface area contributed by atoms with Gasteiger partial charge in [0, 0.05) is 18.7 Å². The molecular weight excluding hydrogens is 284 g/mol. The minimum absolute atomic E-state index is 0.0140. The van der Waals surface area contributed by atoms with Crippen molar-refractivity contribution < 1.29 is 13.3 Å². The summed E-state index contributed by atoms with van der Waals surface area (Å²) in [5.41, 5.74) is 4.98. The van der Waals surface area contributed by atoms with Crippen LogP contribution in [0.2, 0.25) is 0 Å². The lowest BCUT2D eigenvalue weighted by Crippen LogP contribution is -2.38. The van der Waals surface area contributed by atoms with Crippen LogP contribution in [0.1, 0.15) is 6.92 Å². The lowest BCUT2D eigenvalue weighted by molar-refractivity contribution is -0.383. The Morgan fingerprint density at radius 2 is 2.05 bits per heavy atom.